The zero-order valence-corrected chi connectivity index (χ0v) is 12.4. The molecule has 1 N–H and O–H groups in total. The molecule has 0 aliphatic carbocycles. The molecule has 3 aromatic rings. The van der Waals surface area contributed by atoms with Gasteiger partial charge in [-0.15, -0.1) is 0 Å². The molecule has 2 aromatic heterocycles. The summed E-state index contributed by atoms with van der Waals surface area (Å²) in [5, 5.41) is 3.71. The highest BCUT2D eigenvalue weighted by Crippen LogP contribution is 2.21. The van der Waals surface area contributed by atoms with E-state index in [0.29, 0.717) is 23.0 Å². The fourth-order valence-electron chi connectivity index (χ4n) is 2.21. The van der Waals surface area contributed by atoms with E-state index in [1.807, 2.05) is 25.1 Å². The lowest BCUT2D eigenvalue weighted by molar-refractivity contribution is 0.329. The van der Waals surface area contributed by atoms with Crippen molar-refractivity contribution >= 4 is 17.2 Å². The van der Waals surface area contributed by atoms with Gasteiger partial charge in [-0.1, -0.05) is 23.7 Å². The van der Waals surface area contributed by atoms with Crippen LogP contribution in [0.15, 0.2) is 35.1 Å². The van der Waals surface area contributed by atoms with Gasteiger partial charge in [0, 0.05) is 11.1 Å². The molecule has 0 unspecified atom stereocenters. The summed E-state index contributed by atoms with van der Waals surface area (Å²) in [6.07, 6.45) is 0. The highest BCUT2D eigenvalue weighted by Gasteiger charge is 2.13. The monoisotopic (exact) mass is 303 g/mol. The number of H-pyrrole nitrogens is 1. The summed E-state index contributed by atoms with van der Waals surface area (Å²) >= 11 is 5.89. The second-order valence-electron chi connectivity index (χ2n) is 4.63. The van der Waals surface area contributed by atoms with E-state index in [2.05, 4.69) is 10.1 Å². The molecule has 0 amide bonds. The standard InChI is InChI=1S/C15H14ClN3O2/c1-3-21-14-9(2)17-13-8-12(18-19(13)15(14)20)10-4-6-11(16)7-5-10/h4-8,18H,3H2,1-2H3. The van der Waals surface area contributed by atoms with Gasteiger partial charge in [-0.05, 0) is 31.5 Å². The third-order valence-electron chi connectivity index (χ3n) is 3.19. The van der Waals surface area contributed by atoms with Crippen LogP contribution < -0.4 is 10.3 Å². The topological polar surface area (TPSA) is 59.4 Å². The first-order valence-electron chi connectivity index (χ1n) is 6.61. The number of halogens is 1. The van der Waals surface area contributed by atoms with Crippen LogP contribution in [0, 0.1) is 6.92 Å². The van der Waals surface area contributed by atoms with E-state index >= 15 is 0 Å². The van der Waals surface area contributed by atoms with E-state index in [9.17, 15) is 4.79 Å². The highest BCUT2D eigenvalue weighted by atomic mass is 35.5. The minimum absolute atomic E-state index is 0.237. The Balaban J connectivity index is 2.18. The van der Waals surface area contributed by atoms with Crippen molar-refractivity contribution in [2.75, 3.05) is 6.61 Å². The molecule has 108 valence electrons. The largest absolute Gasteiger partial charge is 0.487 e. The van der Waals surface area contributed by atoms with Gasteiger partial charge in [-0.2, -0.15) is 4.52 Å². The van der Waals surface area contributed by atoms with Gasteiger partial charge in [-0.3, -0.25) is 9.89 Å². The number of nitrogens with zero attached hydrogens (tertiary/aromatic N) is 2. The van der Waals surface area contributed by atoms with Gasteiger partial charge in [0.2, 0.25) is 5.75 Å². The minimum Gasteiger partial charge on any atom is -0.487 e. The summed E-state index contributed by atoms with van der Waals surface area (Å²) in [7, 11) is 0. The number of hydrogen-bond acceptors (Lipinski definition) is 3. The lowest BCUT2D eigenvalue weighted by Crippen LogP contribution is -2.19. The molecule has 0 aliphatic rings. The van der Waals surface area contributed by atoms with Crippen molar-refractivity contribution in [2.24, 2.45) is 0 Å². The number of rotatable bonds is 3. The fraction of sp³-hybridized carbons (Fsp3) is 0.200. The first kappa shape index (κ1) is 13.7. The van der Waals surface area contributed by atoms with E-state index < -0.39 is 0 Å². The first-order chi connectivity index (χ1) is 10.1. The molecule has 0 atom stereocenters. The van der Waals surface area contributed by atoms with Gasteiger partial charge in [-0.25, -0.2) is 4.98 Å². The summed E-state index contributed by atoms with van der Waals surface area (Å²) in [6.45, 7) is 4.03. The van der Waals surface area contributed by atoms with Gasteiger partial charge < -0.3 is 4.74 Å². The van der Waals surface area contributed by atoms with Crippen molar-refractivity contribution in [1.82, 2.24) is 14.6 Å². The van der Waals surface area contributed by atoms with E-state index in [0.717, 1.165) is 11.3 Å². The Bertz CT molecular complexity index is 850. The Labute approximate surface area is 126 Å². The van der Waals surface area contributed by atoms with Crippen molar-refractivity contribution < 1.29 is 4.74 Å². The molecule has 0 radical (unpaired) electrons. The van der Waals surface area contributed by atoms with Crippen LogP contribution in [0.4, 0.5) is 0 Å². The van der Waals surface area contributed by atoms with E-state index in [1.165, 1.54) is 4.52 Å². The predicted molar refractivity (Wildman–Crippen MR) is 82.2 cm³/mol. The van der Waals surface area contributed by atoms with Crippen LogP contribution in [0.1, 0.15) is 12.6 Å². The molecule has 1 aromatic carbocycles. The number of ether oxygens (including phenoxy) is 1. The van der Waals surface area contributed by atoms with Crippen molar-refractivity contribution in [2.45, 2.75) is 13.8 Å². The Kier molecular flexibility index (Phi) is 3.43. The summed E-state index contributed by atoms with van der Waals surface area (Å²) in [6, 6.07) is 9.20. The number of aromatic nitrogens is 3. The van der Waals surface area contributed by atoms with Crippen molar-refractivity contribution in [1.29, 1.82) is 0 Å². The summed E-state index contributed by atoms with van der Waals surface area (Å²) in [4.78, 5) is 16.8. The Hall–Kier alpha value is -2.27. The van der Waals surface area contributed by atoms with Gasteiger partial charge >= 0.3 is 5.56 Å². The molecule has 0 saturated heterocycles. The molecule has 0 bridgehead atoms. The maximum Gasteiger partial charge on any atom is 0.315 e. The summed E-state index contributed by atoms with van der Waals surface area (Å²) in [5.41, 5.74) is 2.64. The molecule has 6 heteroatoms. The number of aryl methyl sites for hydroxylation is 1. The zero-order chi connectivity index (χ0) is 15.0. The van der Waals surface area contributed by atoms with Crippen LogP contribution in [-0.4, -0.2) is 21.2 Å². The summed E-state index contributed by atoms with van der Waals surface area (Å²) < 4.78 is 6.76. The highest BCUT2D eigenvalue weighted by molar-refractivity contribution is 6.30. The smallest absolute Gasteiger partial charge is 0.315 e. The quantitative estimate of drug-likeness (QED) is 0.809. The third-order valence-corrected chi connectivity index (χ3v) is 3.44. The lowest BCUT2D eigenvalue weighted by Gasteiger charge is -2.05. The molecule has 0 spiro atoms. The molecule has 21 heavy (non-hydrogen) atoms. The van der Waals surface area contributed by atoms with Gasteiger partial charge in [0.05, 0.1) is 18.0 Å². The number of aromatic amines is 1. The van der Waals surface area contributed by atoms with Crippen LogP contribution >= 0.6 is 11.6 Å². The van der Waals surface area contributed by atoms with E-state index in [1.54, 1.807) is 19.1 Å². The van der Waals surface area contributed by atoms with Gasteiger partial charge in [0.15, 0.2) is 5.65 Å². The predicted octanol–water partition coefficient (Wildman–Crippen LogP) is 3.05. The normalized spacial score (nSPS) is 11.0. The molecule has 3 rings (SSSR count). The first-order valence-corrected chi connectivity index (χ1v) is 6.99. The van der Waals surface area contributed by atoms with Crippen molar-refractivity contribution in [3.8, 4) is 17.0 Å². The Morgan fingerprint density at radius 3 is 2.71 bits per heavy atom. The lowest BCUT2D eigenvalue weighted by atomic mass is 10.2. The maximum atomic E-state index is 12.4. The van der Waals surface area contributed by atoms with Crippen molar-refractivity contribution in [3.63, 3.8) is 0 Å². The number of nitrogens with one attached hydrogen (secondary N) is 1. The third kappa shape index (κ3) is 2.40. The fourth-order valence-corrected chi connectivity index (χ4v) is 2.33. The van der Waals surface area contributed by atoms with Crippen LogP contribution in [0.2, 0.25) is 5.02 Å². The molecular formula is C15H14ClN3O2. The van der Waals surface area contributed by atoms with E-state index in [-0.39, 0.29) is 11.3 Å². The number of hydrogen-bond donors (Lipinski definition) is 1. The average Bonchev–Trinajstić information content (AvgIpc) is 2.88. The molecule has 0 saturated carbocycles. The van der Waals surface area contributed by atoms with Gasteiger partial charge in [0.1, 0.15) is 0 Å². The number of benzene rings is 1. The second-order valence-corrected chi connectivity index (χ2v) is 5.07. The second kappa shape index (κ2) is 5.26. The van der Waals surface area contributed by atoms with Crippen molar-refractivity contribution in [3.05, 3.63) is 51.4 Å². The Morgan fingerprint density at radius 1 is 1.33 bits per heavy atom. The Morgan fingerprint density at radius 2 is 2.05 bits per heavy atom. The molecule has 0 fully saturated rings. The maximum absolute atomic E-state index is 12.4. The molecule has 2 heterocycles. The number of fused-ring (bicyclic) bond motifs is 1. The SMILES string of the molecule is CCOc1c(C)nc2cc(-c3ccc(Cl)cc3)[nH]n2c1=O. The van der Waals surface area contributed by atoms with Crippen LogP contribution in [0.5, 0.6) is 5.75 Å². The minimum atomic E-state index is -0.237. The molecular weight excluding hydrogens is 290 g/mol. The van der Waals surface area contributed by atoms with Gasteiger partial charge in [0.25, 0.3) is 0 Å². The van der Waals surface area contributed by atoms with Crippen LogP contribution in [0.25, 0.3) is 16.9 Å². The average molecular weight is 304 g/mol. The van der Waals surface area contributed by atoms with E-state index in [4.69, 9.17) is 16.3 Å². The zero-order valence-electron chi connectivity index (χ0n) is 11.7. The molecule has 5 nitrogen and oxygen atoms in total. The summed E-state index contributed by atoms with van der Waals surface area (Å²) in [5.74, 6) is 0.277. The van der Waals surface area contributed by atoms with Crippen LogP contribution in [-0.2, 0) is 0 Å². The molecule has 0 aliphatic heterocycles. The van der Waals surface area contributed by atoms with Crippen LogP contribution in [0.3, 0.4) is 0 Å².